The summed E-state index contributed by atoms with van der Waals surface area (Å²) >= 11 is 5.98. The van der Waals surface area contributed by atoms with E-state index in [0.717, 1.165) is 6.42 Å². The van der Waals surface area contributed by atoms with Gasteiger partial charge in [0.1, 0.15) is 0 Å². The molecule has 0 spiro atoms. The summed E-state index contributed by atoms with van der Waals surface area (Å²) in [5.74, 6) is 0.582. The monoisotopic (exact) mass is 325 g/mol. The standard InChI is InChI=1S/C14H19ClF3NO2/c1-3-11(19)7-9-6-10(15)8-12(20-2)13(9)21-5-4-14(16,17)18/h6,8,11H,3-5,7,19H2,1-2H3. The van der Waals surface area contributed by atoms with Gasteiger partial charge in [-0.3, -0.25) is 0 Å². The molecule has 0 fully saturated rings. The topological polar surface area (TPSA) is 44.5 Å². The summed E-state index contributed by atoms with van der Waals surface area (Å²) in [6, 6.07) is 3.02. The third kappa shape index (κ3) is 6.01. The molecule has 0 heterocycles. The molecule has 0 aliphatic rings. The van der Waals surface area contributed by atoms with Crippen LogP contribution in [0.5, 0.6) is 11.5 Å². The predicted octanol–water partition coefficient (Wildman–Crippen LogP) is 3.96. The Bertz CT molecular complexity index is 466. The normalized spacial score (nSPS) is 13.1. The van der Waals surface area contributed by atoms with Crippen LogP contribution in [0.4, 0.5) is 13.2 Å². The molecule has 3 nitrogen and oxygen atoms in total. The molecule has 1 atom stereocenters. The van der Waals surface area contributed by atoms with Crippen LogP contribution in [-0.4, -0.2) is 25.9 Å². The Morgan fingerprint density at radius 1 is 1.33 bits per heavy atom. The van der Waals surface area contributed by atoms with Crippen LogP contribution >= 0.6 is 11.6 Å². The second-order valence-electron chi connectivity index (χ2n) is 4.68. The van der Waals surface area contributed by atoms with Crippen LogP contribution in [0.15, 0.2) is 12.1 Å². The van der Waals surface area contributed by atoms with Crippen molar-refractivity contribution in [1.29, 1.82) is 0 Å². The molecule has 0 saturated heterocycles. The molecule has 0 aliphatic carbocycles. The first kappa shape index (κ1) is 17.9. The highest BCUT2D eigenvalue weighted by Gasteiger charge is 2.27. The van der Waals surface area contributed by atoms with Gasteiger partial charge >= 0.3 is 6.18 Å². The minimum absolute atomic E-state index is 0.127. The summed E-state index contributed by atoms with van der Waals surface area (Å²) in [6.45, 7) is 1.45. The first-order chi connectivity index (χ1) is 9.76. The Morgan fingerprint density at radius 3 is 2.52 bits per heavy atom. The van der Waals surface area contributed by atoms with Gasteiger partial charge < -0.3 is 15.2 Å². The molecular weight excluding hydrogens is 307 g/mol. The van der Waals surface area contributed by atoms with Crippen molar-refractivity contribution in [3.63, 3.8) is 0 Å². The van der Waals surface area contributed by atoms with Crippen molar-refractivity contribution >= 4 is 11.6 Å². The molecule has 1 rings (SSSR count). The molecular formula is C14H19ClF3NO2. The van der Waals surface area contributed by atoms with Crippen molar-refractivity contribution < 1.29 is 22.6 Å². The maximum Gasteiger partial charge on any atom is 0.392 e. The summed E-state index contributed by atoms with van der Waals surface area (Å²) in [7, 11) is 1.41. The van der Waals surface area contributed by atoms with Gasteiger partial charge in [0, 0.05) is 22.7 Å². The SMILES string of the molecule is CCC(N)Cc1cc(Cl)cc(OC)c1OCCC(F)(F)F. The third-order valence-corrected chi connectivity index (χ3v) is 3.17. The number of alkyl halides is 3. The maximum atomic E-state index is 12.2. The number of ether oxygens (including phenoxy) is 2. The number of methoxy groups -OCH3 is 1. The minimum atomic E-state index is -4.26. The van der Waals surface area contributed by atoms with Crippen LogP contribution in [-0.2, 0) is 6.42 Å². The lowest BCUT2D eigenvalue weighted by Gasteiger charge is -2.18. The molecule has 120 valence electrons. The average molecular weight is 326 g/mol. The van der Waals surface area contributed by atoms with Gasteiger partial charge in [0.15, 0.2) is 11.5 Å². The fourth-order valence-electron chi connectivity index (χ4n) is 1.79. The lowest BCUT2D eigenvalue weighted by molar-refractivity contribution is -0.139. The van der Waals surface area contributed by atoms with E-state index in [1.807, 2.05) is 6.92 Å². The van der Waals surface area contributed by atoms with E-state index in [2.05, 4.69) is 0 Å². The fraction of sp³-hybridized carbons (Fsp3) is 0.571. The van der Waals surface area contributed by atoms with Crippen molar-refractivity contribution in [3.8, 4) is 11.5 Å². The van der Waals surface area contributed by atoms with E-state index in [9.17, 15) is 13.2 Å². The Balaban J connectivity index is 2.96. The van der Waals surface area contributed by atoms with Gasteiger partial charge in [-0.1, -0.05) is 18.5 Å². The van der Waals surface area contributed by atoms with Crippen LogP contribution in [0.3, 0.4) is 0 Å². The first-order valence-electron chi connectivity index (χ1n) is 6.58. The number of hydrogen-bond donors (Lipinski definition) is 1. The zero-order valence-corrected chi connectivity index (χ0v) is 12.7. The molecule has 1 aromatic rings. The second-order valence-corrected chi connectivity index (χ2v) is 5.12. The summed E-state index contributed by atoms with van der Waals surface area (Å²) in [6.07, 6.45) is -4.11. The molecule has 2 N–H and O–H groups in total. The van der Waals surface area contributed by atoms with Crippen LogP contribution in [0, 0.1) is 0 Å². The molecule has 0 bridgehead atoms. The molecule has 0 amide bonds. The third-order valence-electron chi connectivity index (χ3n) is 2.95. The van der Waals surface area contributed by atoms with Crippen LogP contribution in [0.2, 0.25) is 5.02 Å². The number of benzene rings is 1. The van der Waals surface area contributed by atoms with Crippen LogP contribution in [0.25, 0.3) is 0 Å². The molecule has 0 saturated carbocycles. The van der Waals surface area contributed by atoms with Gasteiger partial charge in [-0.15, -0.1) is 0 Å². The molecule has 1 unspecified atom stereocenters. The van der Waals surface area contributed by atoms with E-state index < -0.39 is 19.2 Å². The van der Waals surface area contributed by atoms with Crippen LogP contribution < -0.4 is 15.2 Å². The number of halogens is 4. The largest absolute Gasteiger partial charge is 0.493 e. The van der Waals surface area contributed by atoms with Crippen molar-refractivity contribution in [2.75, 3.05) is 13.7 Å². The van der Waals surface area contributed by atoms with Crippen LogP contribution in [0.1, 0.15) is 25.3 Å². The summed E-state index contributed by atoms with van der Waals surface area (Å²) in [4.78, 5) is 0. The lowest BCUT2D eigenvalue weighted by atomic mass is 10.0. The molecule has 21 heavy (non-hydrogen) atoms. The molecule has 0 aromatic heterocycles. The average Bonchev–Trinajstić information content (AvgIpc) is 2.39. The van der Waals surface area contributed by atoms with Crippen molar-refractivity contribution in [2.45, 2.75) is 38.4 Å². The van der Waals surface area contributed by atoms with Crippen molar-refractivity contribution in [2.24, 2.45) is 5.73 Å². The smallest absolute Gasteiger partial charge is 0.392 e. The highest BCUT2D eigenvalue weighted by atomic mass is 35.5. The zero-order valence-electron chi connectivity index (χ0n) is 12.0. The first-order valence-corrected chi connectivity index (χ1v) is 6.96. The Hall–Kier alpha value is -1.14. The molecule has 0 aliphatic heterocycles. The zero-order chi connectivity index (χ0) is 16.0. The van der Waals surface area contributed by atoms with E-state index in [-0.39, 0.29) is 11.8 Å². The maximum absolute atomic E-state index is 12.2. The molecule has 1 aromatic carbocycles. The predicted molar refractivity (Wildman–Crippen MR) is 76.1 cm³/mol. The van der Waals surface area contributed by atoms with Gasteiger partial charge in [0.2, 0.25) is 0 Å². The van der Waals surface area contributed by atoms with Crippen molar-refractivity contribution in [3.05, 3.63) is 22.7 Å². The number of hydrogen-bond acceptors (Lipinski definition) is 3. The Morgan fingerprint density at radius 2 is 2.00 bits per heavy atom. The second kappa shape index (κ2) is 7.75. The summed E-state index contributed by atoms with van der Waals surface area (Å²) in [5, 5.41) is 0.424. The van der Waals surface area contributed by atoms with Gasteiger partial charge in [-0.25, -0.2) is 0 Å². The highest BCUT2D eigenvalue weighted by Crippen LogP contribution is 2.36. The highest BCUT2D eigenvalue weighted by molar-refractivity contribution is 6.30. The number of nitrogens with two attached hydrogens (primary N) is 1. The van der Waals surface area contributed by atoms with Gasteiger partial charge in [-0.05, 0) is 18.9 Å². The van der Waals surface area contributed by atoms with E-state index in [1.54, 1.807) is 6.07 Å². The van der Waals surface area contributed by atoms with Gasteiger partial charge in [0.25, 0.3) is 0 Å². The minimum Gasteiger partial charge on any atom is -0.493 e. The van der Waals surface area contributed by atoms with E-state index >= 15 is 0 Å². The Labute approximate surface area is 127 Å². The van der Waals surface area contributed by atoms with E-state index in [4.69, 9.17) is 26.8 Å². The quantitative estimate of drug-likeness (QED) is 0.825. The fourth-order valence-corrected chi connectivity index (χ4v) is 2.02. The van der Waals surface area contributed by atoms with E-state index in [1.165, 1.54) is 13.2 Å². The molecule has 7 heteroatoms. The summed E-state index contributed by atoms with van der Waals surface area (Å²) in [5.41, 5.74) is 6.54. The van der Waals surface area contributed by atoms with Crippen molar-refractivity contribution in [1.82, 2.24) is 0 Å². The van der Waals surface area contributed by atoms with Gasteiger partial charge in [-0.2, -0.15) is 13.2 Å². The van der Waals surface area contributed by atoms with Gasteiger partial charge in [0.05, 0.1) is 20.1 Å². The van der Waals surface area contributed by atoms with E-state index in [0.29, 0.717) is 22.8 Å². The lowest BCUT2D eigenvalue weighted by Crippen LogP contribution is -2.22. The molecule has 0 radical (unpaired) electrons. The summed E-state index contributed by atoms with van der Waals surface area (Å²) < 4.78 is 47.1. The number of rotatable bonds is 7. The Kier molecular flexibility index (Phi) is 6.61.